The quantitative estimate of drug-likeness (QED) is 0.565. The molecule has 5 nitrogen and oxygen atoms in total. The first-order chi connectivity index (χ1) is 9.17. The van der Waals surface area contributed by atoms with Crippen LogP contribution in [0.4, 0.5) is 0 Å². The Balaban J connectivity index is 2.14. The van der Waals surface area contributed by atoms with Crippen LogP contribution < -0.4 is 5.32 Å². The Kier molecular flexibility index (Phi) is 7.48. The first-order valence-corrected chi connectivity index (χ1v) is 7.12. The van der Waals surface area contributed by atoms with Gasteiger partial charge in [-0.15, -0.1) is 0 Å². The van der Waals surface area contributed by atoms with Crippen molar-refractivity contribution < 1.29 is 19.1 Å². The van der Waals surface area contributed by atoms with E-state index in [9.17, 15) is 9.59 Å². The number of ether oxygens (including phenoxy) is 2. The van der Waals surface area contributed by atoms with Crippen LogP contribution in [0.3, 0.4) is 0 Å². The molecule has 0 spiro atoms. The Bertz CT molecular complexity index is 285. The van der Waals surface area contributed by atoms with Crippen molar-refractivity contribution in [2.45, 2.75) is 51.5 Å². The summed E-state index contributed by atoms with van der Waals surface area (Å²) in [7, 11) is 1.43. The van der Waals surface area contributed by atoms with Gasteiger partial charge in [0.15, 0.2) is 0 Å². The molecule has 1 rings (SSSR count). The van der Waals surface area contributed by atoms with Crippen molar-refractivity contribution in [1.29, 1.82) is 0 Å². The molecule has 19 heavy (non-hydrogen) atoms. The van der Waals surface area contributed by atoms with Crippen molar-refractivity contribution in [2.24, 2.45) is 5.92 Å². The summed E-state index contributed by atoms with van der Waals surface area (Å²) in [5.41, 5.74) is 0. The molecule has 0 aromatic heterocycles. The summed E-state index contributed by atoms with van der Waals surface area (Å²) in [5, 5.41) is 3.03. The van der Waals surface area contributed by atoms with Crippen LogP contribution in [-0.4, -0.2) is 38.2 Å². The minimum atomic E-state index is -0.124. The van der Waals surface area contributed by atoms with Gasteiger partial charge in [-0.05, 0) is 39.0 Å². The van der Waals surface area contributed by atoms with Gasteiger partial charge in [-0.1, -0.05) is 0 Å². The molecule has 1 aliphatic rings. The number of carbonyl (C=O) groups excluding carboxylic acids is 2. The zero-order valence-electron chi connectivity index (χ0n) is 11.9. The predicted octanol–water partition coefficient (Wildman–Crippen LogP) is 1.65. The minimum Gasteiger partial charge on any atom is -0.469 e. The second kappa shape index (κ2) is 8.91. The molecule has 0 heterocycles. The highest BCUT2D eigenvalue weighted by molar-refractivity contribution is 5.76. The molecular weight excluding hydrogens is 246 g/mol. The lowest BCUT2D eigenvalue weighted by atomic mass is 9.86. The zero-order chi connectivity index (χ0) is 14.1. The topological polar surface area (TPSA) is 64.6 Å². The van der Waals surface area contributed by atoms with Crippen LogP contribution in [0.5, 0.6) is 0 Å². The third-order valence-corrected chi connectivity index (χ3v) is 3.52. The largest absolute Gasteiger partial charge is 0.469 e. The summed E-state index contributed by atoms with van der Waals surface area (Å²) in [6, 6.07) is 0.209. The molecular formula is C14H25NO4. The lowest BCUT2D eigenvalue weighted by Crippen LogP contribution is -2.38. The summed E-state index contributed by atoms with van der Waals surface area (Å²) in [6.45, 7) is 3.28. The fourth-order valence-corrected chi connectivity index (χ4v) is 2.42. The second-order valence-electron chi connectivity index (χ2n) is 4.94. The van der Waals surface area contributed by atoms with E-state index in [1.807, 2.05) is 6.92 Å². The van der Waals surface area contributed by atoms with Crippen molar-refractivity contribution >= 4 is 11.9 Å². The minimum absolute atomic E-state index is 0.0103. The number of rotatable bonds is 7. The van der Waals surface area contributed by atoms with Crippen LogP contribution in [0.15, 0.2) is 0 Å². The zero-order valence-corrected chi connectivity index (χ0v) is 11.9. The van der Waals surface area contributed by atoms with Gasteiger partial charge in [0.05, 0.1) is 13.0 Å². The van der Waals surface area contributed by atoms with E-state index in [0.717, 1.165) is 32.1 Å². The molecule has 0 saturated heterocycles. The molecule has 5 heteroatoms. The third kappa shape index (κ3) is 6.05. The number of esters is 1. The van der Waals surface area contributed by atoms with Gasteiger partial charge >= 0.3 is 5.97 Å². The monoisotopic (exact) mass is 271 g/mol. The molecule has 0 unspecified atom stereocenters. The van der Waals surface area contributed by atoms with E-state index in [0.29, 0.717) is 19.6 Å². The van der Waals surface area contributed by atoms with Crippen molar-refractivity contribution in [3.8, 4) is 0 Å². The number of carbonyl (C=O) groups is 2. The van der Waals surface area contributed by atoms with E-state index in [-0.39, 0.29) is 23.8 Å². The summed E-state index contributed by atoms with van der Waals surface area (Å²) >= 11 is 0. The maximum Gasteiger partial charge on any atom is 0.308 e. The van der Waals surface area contributed by atoms with Crippen LogP contribution in [0.2, 0.25) is 0 Å². The average Bonchev–Trinajstić information content (AvgIpc) is 2.43. The maximum absolute atomic E-state index is 11.7. The van der Waals surface area contributed by atoms with Crippen LogP contribution in [0, 0.1) is 5.92 Å². The highest BCUT2D eigenvalue weighted by Gasteiger charge is 2.27. The number of nitrogens with one attached hydrogen (secondary N) is 1. The number of methoxy groups -OCH3 is 1. The highest BCUT2D eigenvalue weighted by atomic mass is 16.5. The van der Waals surface area contributed by atoms with Crippen molar-refractivity contribution in [1.82, 2.24) is 5.32 Å². The van der Waals surface area contributed by atoms with Crippen LogP contribution in [-0.2, 0) is 19.1 Å². The Morgan fingerprint density at radius 2 is 1.89 bits per heavy atom. The first kappa shape index (κ1) is 16.0. The molecule has 1 amide bonds. The van der Waals surface area contributed by atoms with Crippen LogP contribution >= 0.6 is 0 Å². The van der Waals surface area contributed by atoms with Gasteiger partial charge in [0.1, 0.15) is 0 Å². The molecule has 0 atom stereocenters. The standard InChI is InChI=1S/C14H25NO4/c1-3-19-10-4-5-13(16)15-12-8-6-11(7-9-12)14(17)18-2/h11-12H,3-10H2,1-2H3,(H,15,16). The Morgan fingerprint density at radius 1 is 1.21 bits per heavy atom. The van der Waals surface area contributed by atoms with Crippen molar-refractivity contribution in [2.75, 3.05) is 20.3 Å². The van der Waals surface area contributed by atoms with Gasteiger partial charge in [0.25, 0.3) is 0 Å². The van der Waals surface area contributed by atoms with Crippen molar-refractivity contribution in [3.63, 3.8) is 0 Å². The Morgan fingerprint density at radius 3 is 2.47 bits per heavy atom. The summed E-state index contributed by atoms with van der Waals surface area (Å²) in [6.07, 6.45) is 4.59. The lowest BCUT2D eigenvalue weighted by Gasteiger charge is -2.27. The van der Waals surface area contributed by atoms with E-state index in [1.165, 1.54) is 7.11 Å². The summed E-state index contributed by atoms with van der Waals surface area (Å²) in [5.74, 6) is -0.0289. The SMILES string of the molecule is CCOCCCC(=O)NC1CCC(C(=O)OC)CC1. The summed E-state index contributed by atoms with van der Waals surface area (Å²) < 4.78 is 9.94. The molecule has 1 saturated carbocycles. The van der Waals surface area contributed by atoms with Crippen LogP contribution in [0.25, 0.3) is 0 Å². The predicted molar refractivity (Wildman–Crippen MR) is 71.6 cm³/mol. The Labute approximate surface area is 115 Å². The van der Waals surface area contributed by atoms with Crippen molar-refractivity contribution in [3.05, 3.63) is 0 Å². The molecule has 0 bridgehead atoms. The fourth-order valence-electron chi connectivity index (χ4n) is 2.42. The summed E-state index contributed by atoms with van der Waals surface area (Å²) in [4.78, 5) is 23.1. The molecule has 0 aliphatic heterocycles. The van der Waals surface area contributed by atoms with E-state index in [1.54, 1.807) is 0 Å². The van der Waals surface area contributed by atoms with E-state index in [2.05, 4.69) is 5.32 Å². The third-order valence-electron chi connectivity index (χ3n) is 3.52. The molecule has 0 aromatic rings. The Hall–Kier alpha value is -1.10. The average molecular weight is 271 g/mol. The van der Waals surface area contributed by atoms with Gasteiger partial charge in [0, 0.05) is 25.7 Å². The van der Waals surface area contributed by atoms with Gasteiger partial charge in [0.2, 0.25) is 5.91 Å². The second-order valence-corrected chi connectivity index (χ2v) is 4.94. The molecule has 1 aliphatic carbocycles. The molecule has 110 valence electrons. The normalized spacial score (nSPS) is 22.8. The van der Waals surface area contributed by atoms with Crippen LogP contribution in [0.1, 0.15) is 45.4 Å². The van der Waals surface area contributed by atoms with Gasteiger partial charge in [-0.2, -0.15) is 0 Å². The first-order valence-electron chi connectivity index (χ1n) is 7.12. The highest BCUT2D eigenvalue weighted by Crippen LogP contribution is 2.25. The number of hydrogen-bond acceptors (Lipinski definition) is 4. The molecule has 0 radical (unpaired) electrons. The number of amides is 1. The molecule has 0 aromatic carbocycles. The lowest BCUT2D eigenvalue weighted by molar-refractivity contribution is -0.146. The van der Waals surface area contributed by atoms with Gasteiger partial charge in [-0.3, -0.25) is 9.59 Å². The van der Waals surface area contributed by atoms with E-state index < -0.39 is 0 Å². The maximum atomic E-state index is 11.7. The fraction of sp³-hybridized carbons (Fsp3) is 0.857. The van der Waals surface area contributed by atoms with E-state index in [4.69, 9.17) is 9.47 Å². The number of hydrogen-bond donors (Lipinski definition) is 1. The van der Waals surface area contributed by atoms with Gasteiger partial charge in [-0.25, -0.2) is 0 Å². The molecule has 1 fully saturated rings. The van der Waals surface area contributed by atoms with E-state index >= 15 is 0 Å². The smallest absolute Gasteiger partial charge is 0.308 e. The van der Waals surface area contributed by atoms with Gasteiger partial charge < -0.3 is 14.8 Å². The molecule has 1 N–H and O–H groups in total.